The van der Waals surface area contributed by atoms with Crippen molar-refractivity contribution < 1.29 is 8.42 Å². The number of nitrogens with one attached hydrogen (secondary N) is 1. The molecule has 0 atom stereocenters. The molecule has 0 saturated carbocycles. The highest BCUT2D eigenvalue weighted by molar-refractivity contribution is 9.10. The van der Waals surface area contributed by atoms with Crippen molar-refractivity contribution in [2.75, 3.05) is 6.54 Å². The number of aromatic nitrogens is 2. The van der Waals surface area contributed by atoms with Crippen molar-refractivity contribution in [1.29, 1.82) is 0 Å². The smallest absolute Gasteiger partial charge is 0.241 e. The minimum atomic E-state index is -3.53. The van der Waals surface area contributed by atoms with Gasteiger partial charge in [0, 0.05) is 12.7 Å². The van der Waals surface area contributed by atoms with E-state index >= 15 is 0 Å². The maximum absolute atomic E-state index is 12.6. The van der Waals surface area contributed by atoms with Crippen LogP contribution in [0.5, 0.6) is 0 Å². The predicted octanol–water partition coefficient (Wildman–Crippen LogP) is 2.86. The van der Waals surface area contributed by atoms with E-state index in [1.807, 2.05) is 40.0 Å². The fraction of sp³-hybridized carbons (Fsp3) is 0.400. The summed E-state index contributed by atoms with van der Waals surface area (Å²) in [6, 6.07) is 2.02. The number of hydrogen-bond donors (Lipinski definition) is 1. The molecule has 5 nitrogen and oxygen atoms in total. The van der Waals surface area contributed by atoms with Crippen molar-refractivity contribution in [3.05, 3.63) is 45.2 Å². The van der Waals surface area contributed by atoms with Crippen LogP contribution in [0, 0.1) is 27.7 Å². The monoisotopic (exact) mass is 385 g/mol. The lowest BCUT2D eigenvalue weighted by Gasteiger charge is -2.16. The van der Waals surface area contributed by atoms with Gasteiger partial charge in [0.1, 0.15) is 0 Å². The van der Waals surface area contributed by atoms with Gasteiger partial charge in [-0.25, -0.2) is 13.1 Å². The molecule has 7 heteroatoms. The Kier molecular flexibility index (Phi) is 5.09. The van der Waals surface area contributed by atoms with Gasteiger partial charge < -0.3 is 0 Å². The zero-order valence-electron chi connectivity index (χ0n) is 13.1. The Hall–Kier alpha value is -1.18. The summed E-state index contributed by atoms with van der Waals surface area (Å²) in [7, 11) is -3.53. The maximum atomic E-state index is 12.6. The summed E-state index contributed by atoms with van der Waals surface area (Å²) in [5.41, 5.74) is 3.58. The molecule has 2 aromatic rings. The van der Waals surface area contributed by atoms with E-state index < -0.39 is 10.0 Å². The number of benzene rings is 1. The molecule has 0 saturated heterocycles. The Morgan fingerprint density at radius 3 is 2.27 bits per heavy atom. The molecular formula is C15H20BrN3O2S. The lowest BCUT2D eigenvalue weighted by atomic mass is 10.0. The van der Waals surface area contributed by atoms with Crippen molar-refractivity contribution in [2.45, 2.75) is 39.1 Å². The van der Waals surface area contributed by atoms with Crippen LogP contribution in [-0.2, 0) is 16.6 Å². The number of sulfonamides is 1. The molecule has 2 rings (SSSR count). The molecule has 1 N–H and O–H groups in total. The Bertz CT molecular complexity index is 771. The zero-order chi connectivity index (χ0) is 16.5. The zero-order valence-corrected chi connectivity index (χ0v) is 15.5. The molecule has 22 heavy (non-hydrogen) atoms. The van der Waals surface area contributed by atoms with E-state index in [1.54, 1.807) is 10.9 Å². The molecule has 0 unspecified atom stereocenters. The molecule has 0 bridgehead atoms. The molecule has 1 aromatic heterocycles. The normalized spacial score (nSPS) is 11.9. The van der Waals surface area contributed by atoms with E-state index in [0.29, 0.717) is 18.0 Å². The molecule has 0 spiro atoms. The lowest BCUT2D eigenvalue weighted by Crippen LogP contribution is -2.29. The Morgan fingerprint density at radius 2 is 1.77 bits per heavy atom. The third-order valence-corrected chi connectivity index (χ3v) is 5.94. The Morgan fingerprint density at radius 1 is 1.18 bits per heavy atom. The van der Waals surface area contributed by atoms with Gasteiger partial charge in [0.15, 0.2) is 0 Å². The van der Waals surface area contributed by atoms with Gasteiger partial charge in [-0.1, -0.05) is 6.07 Å². The molecule has 0 amide bonds. The minimum Gasteiger partial charge on any atom is -0.270 e. The quantitative estimate of drug-likeness (QED) is 0.860. The fourth-order valence-corrected chi connectivity index (χ4v) is 4.37. The van der Waals surface area contributed by atoms with Crippen molar-refractivity contribution in [2.24, 2.45) is 0 Å². The highest BCUT2D eigenvalue weighted by Gasteiger charge is 2.21. The molecule has 0 aliphatic carbocycles. The largest absolute Gasteiger partial charge is 0.270 e. The molecule has 0 fully saturated rings. The summed E-state index contributed by atoms with van der Waals surface area (Å²) >= 11 is 3.31. The van der Waals surface area contributed by atoms with Crippen molar-refractivity contribution >= 4 is 26.0 Å². The minimum absolute atomic E-state index is 0.294. The Balaban J connectivity index is 2.20. The van der Waals surface area contributed by atoms with E-state index in [4.69, 9.17) is 0 Å². The standard InChI is InChI=1S/C15H20BrN3O2S/c1-10-7-11(2)13(4)15(12(10)3)22(20,21)18-5-6-19-9-14(16)8-17-19/h7-9,18H,5-6H2,1-4H3. The van der Waals surface area contributed by atoms with Crippen LogP contribution in [0.25, 0.3) is 0 Å². The van der Waals surface area contributed by atoms with Gasteiger partial charge in [-0.05, 0) is 65.9 Å². The lowest BCUT2D eigenvalue weighted by molar-refractivity contribution is 0.559. The third kappa shape index (κ3) is 3.59. The first-order valence-electron chi connectivity index (χ1n) is 6.97. The van der Waals surface area contributed by atoms with E-state index in [0.717, 1.165) is 26.7 Å². The average molecular weight is 386 g/mol. The number of hydrogen-bond acceptors (Lipinski definition) is 3. The van der Waals surface area contributed by atoms with E-state index in [-0.39, 0.29) is 0 Å². The van der Waals surface area contributed by atoms with Crippen LogP contribution in [0.3, 0.4) is 0 Å². The van der Waals surface area contributed by atoms with Crippen LogP contribution >= 0.6 is 15.9 Å². The first kappa shape index (κ1) is 17.2. The van der Waals surface area contributed by atoms with Gasteiger partial charge in [0.25, 0.3) is 0 Å². The maximum Gasteiger partial charge on any atom is 0.241 e. The summed E-state index contributed by atoms with van der Waals surface area (Å²) < 4.78 is 30.5. The van der Waals surface area contributed by atoms with Gasteiger partial charge in [0.05, 0.1) is 22.1 Å². The topological polar surface area (TPSA) is 64.0 Å². The van der Waals surface area contributed by atoms with Crippen LogP contribution in [0.1, 0.15) is 22.3 Å². The molecule has 1 aromatic carbocycles. The number of rotatable bonds is 5. The number of halogens is 1. The van der Waals surface area contributed by atoms with Gasteiger partial charge in [-0.15, -0.1) is 0 Å². The number of nitrogens with zero attached hydrogens (tertiary/aromatic N) is 2. The Labute approximate surface area is 139 Å². The van der Waals surface area contributed by atoms with Crippen molar-refractivity contribution in [1.82, 2.24) is 14.5 Å². The molecule has 0 aliphatic rings. The molecule has 1 heterocycles. The van der Waals surface area contributed by atoms with E-state index in [2.05, 4.69) is 25.8 Å². The summed E-state index contributed by atoms with van der Waals surface area (Å²) in [6.07, 6.45) is 3.48. The van der Waals surface area contributed by atoms with Gasteiger partial charge >= 0.3 is 0 Å². The second-order valence-electron chi connectivity index (χ2n) is 5.41. The second kappa shape index (κ2) is 6.52. The third-order valence-electron chi connectivity index (χ3n) is 3.80. The van der Waals surface area contributed by atoms with Gasteiger partial charge in [-0.3, -0.25) is 4.68 Å². The fourth-order valence-electron chi connectivity index (χ4n) is 2.41. The highest BCUT2D eigenvalue weighted by atomic mass is 79.9. The van der Waals surface area contributed by atoms with Crippen LogP contribution < -0.4 is 4.72 Å². The molecule has 0 radical (unpaired) electrons. The van der Waals surface area contributed by atoms with Crippen LogP contribution in [-0.4, -0.2) is 24.7 Å². The average Bonchev–Trinajstić information content (AvgIpc) is 2.82. The van der Waals surface area contributed by atoms with Crippen molar-refractivity contribution in [3.8, 4) is 0 Å². The van der Waals surface area contributed by atoms with Gasteiger partial charge in [0.2, 0.25) is 10.0 Å². The summed E-state index contributed by atoms with van der Waals surface area (Å²) in [4.78, 5) is 0.395. The van der Waals surface area contributed by atoms with E-state index in [9.17, 15) is 8.42 Å². The van der Waals surface area contributed by atoms with Crippen LogP contribution in [0.15, 0.2) is 27.8 Å². The second-order valence-corrected chi connectivity index (χ2v) is 8.03. The summed E-state index contributed by atoms with van der Waals surface area (Å²) in [5, 5.41) is 4.11. The molecule has 0 aliphatic heterocycles. The first-order valence-corrected chi connectivity index (χ1v) is 9.25. The molecular weight excluding hydrogens is 366 g/mol. The SMILES string of the molecule is Cc1cc(C)c(C)c(S(=O)(=O)NCCn2cc(Br)cn2)c1C. The highest BCUT2D eigenvalue weighted by Crippen LogP contribution is 2.25. The summed E-state index contributed by atoms with van der Waals surface area (Å²) in [5.74, 6) is 0. The van der Waals surface area contributed by atoms with E-state index in [1.165, 1.54) is 0 Å². The number of aryl methyl sites for hydroxylation is 2. The van der Waals surface area contributed by atoms with Crippen LogP contribution in [0.4, 0.5) is 0 Å². The molecule has 120 valence electrons. The van der Waals surface area contributed by atoms with Crippen molar-refractivity contribution in [3.63, 3.8) is 0 Å². The summed E-state index contributed by atoms with van der Waals surface area (Å²) in [6.45, 7) is 8.34. The van der Waals surface area contributed by atoms with Crippen LogP contribution in [0.2, 0.25) is 0 Å². The predicted molar refractivity (Wildman–Crippen MR) is 90.5 cm³/mol. The first-order chi connectivity index (χ1) is 10.2. The van der Waals surface area contributed by atoms with Gasteiger partial charge in [-0.2, -0.15) is 5.10 Å².